The third kappa shape index (κ3) is 4.11. The van der Waals surface area contributed by atoms with E-state index in [9.17, 15) is 14.4 Å². The number of hydrogen-bond donors (Lipinski definition) is 2. The summed E-state index contributed by atoms with van der Waals surface area (Å²) in [5, 5.41) is 2.69. The minimum absolute atomic E-state index is 0.165. The smallest absolute Gasteiger partial charge is 0.349 e. The van der Waals surface area contributed by atoms with E-state index in [1.165, 1.54) is 0 Å². The average Bonchev–Trinajstić information content (AvgIpc) is 2.77. The van der Waals surface area contributed by atoms with Gasteiger partial charge in [-0.2, -0.15) is 0 Å². The topological polar surface area (TPSA) is 97.6 Å². The van der Waals surface area contributed by atoms with E-state index in [-0.39, 0.29) is 5.56 Å². The standard InChI is InChI=1S/C24H20N2O5/c1-14-19-9-5-6-10-20(19)31-24(29)21(14)23(28)26-25-22(27)15(2)30-18-12-11-16-7-3-4-8-17(16)13-18/h3-13,15H,1-2H3,(H,25,27)(H,26,28). The molecule has 0 saturated heterocycles. The lowest BCUT2D eigenvalue weighted by atomic mass is 10.1. The molecule has 156 valence electrons. The van der Waals surface area contributed by atoms with Crippen LogP contribution < -0.4 is 21.2 Å². The SMILES string of the molecule is Cc1c(C(=O)NNC(=O)C(C)Oc2ccc3ccccc3c2)c(=O)oc2ccccc12. The van der Waals surface area contributed by atoms with E-state index in [0.29, 0.717) is 22.3 Å². The minimum atomic E-state index is -0.879. The Kier molecular flexibility index (Phi) is 5.41. The Balaban J connectivity index is 1.43. The fraction of sp³-hybridized carbons (Fsp3) is 0.125. The van der Waals surface area contributed by atoms with Gasteiger partial charge in [-0.05, 0) is 48.4 Å². The van der Waals surface area contributed by atoms with Crippen molar-refractivity contribution in [3.63, 3.8) is 0 Å². The molecule has 0 spiro atoms. The van der Waals surface area contributed by atoms with Crippen LogP contribution in [0.2, 0.25) is 0 Å². The van der Waals surface area contributed by atoms with Crippen LogP contribution >= 0.6 is 0 Å². The van der Waals surface area contributed by atoms with E-state index in [2.05, 4.69) is 10.9 Å². The molecule has 4 aromatic rings. The molecule has 4 rings (SSSR count). The molecular formula is C24H20N2O5. The molecule has 0 aliphatic carbocycles. The number of hydrazine groups is 1. The molecule has 0 aliphatic rings. The lowest BCUT2D eigenvalue weighted by Gasteiger charge is -2.16. The monoisotopic (exact) mass is 416 g/mol. The van der Waals surface area contributed by atoms with Gasteiger partial charge in [-0.3, -0.25) is 20.4 Å². The molecule has 2 amide bonds. The molecule has 0 bridgehead atoms. The maximum Gasteiger partial charge on any atom is 0.349 e. The number of nitrogens with one attached hydrogen (secondary N) is 2. The molecule has 3 aromatic carbocycles. The zero-order valence-electron chi connectivity index (χ0n) is 17.0. The second-order valence-electron chi connectivity index (χ2n) is 7.10. The molecule has 1 heterocycles. The van der Waals surface area contributed by atoms with Crippen LogP contribution in [0.1, 0.15) is 22.8 Å². The first kappa shape index (κ1) is 20.2. The van der Waals surface area contributed by atoms with Crippen molar-refractivity contribution in [2.75, 3.05) is 0 Å². The highest BCUT2D eigenvalue weighted by molar-refractivity contribution is 6.00. The second kappa shape index (κ2) is 8.31. The van der Waals surface area contributed by atoms with Gasteiger partial charge in [0.2, 0.25) is 0 Å². The summed E-state index contributed by atoms with van der Waals surface area (Å²) in [7, 11) is 0. The number of amides is 2. The summed E-state index contributed by atoms with van der Waals surface area (Å²) in [6.45, 7) is 3.22. The number of aryl methyl sites for hydroxylation is 1. The van der Waals surface area contributed by atoms with Crippen LogP contribution in [0, 0.1) is 6.92 Å². The summed E-state index contributed by atoms with van der Waals surface area (Å²) < 4.78 is 10.9. The van der Waals surface area contributed by atoms with Crippen molar-refractivity contribution in [2.45, 2.75) is 20.0 Å². The van der Waals surface area contributed by atoms with Crippen molar-refractivity contribution in [3.05, 3.63) is 88.3 Å². The van der Waals surface area contributed by atoms with Gasteiger partial charge in [-0.25, -0.2) is 4.79 Å². The molecule has 0 aliphatic heterocycles. The highest BCUT2D eigenvalue weighted by atomic mass is 16.5. The quantitative estimate of drug-likeness (QED) is 0.392. The van der Waals surface area contributed by atoms with Crippen molar-refractivity contribution in [1.82, 2.24) is 10.9 Å². The summed E-state index contributed by atoms with van der Waals surface area (Å²) in [4.78, 5) is 37.2. The zero-order valence-corrected chi connectivity index (χ0v) is 17.0. The molecule has 7 nitrogen and oxygen atoms in total. The number of hydrogen-bond acceptors (Lipinski definition) is 5. The van der Waals surface area contributed by atoms with Gasteiger partial charge in [-0.1, -0.05) is 48.5 Å². The Bertz CT molecular complexity index is 1360. The maximum absolute atomic E-state index is 12.5. The van der Waals surface area contributed by atoms with Crippen LogP contribution in [0.5, 0.6) is 5.75 Å². The third-order valence-corrected chi connectivity index (χ3v) is 5.00. The van der Waals surface area contributed by atoms with E-state index in [1.807, 2.05) is 36.4 Å². The first-order valence-corrected chi connectivity index (χ1v) is 9.72. The molecule has 0 radical (unpaired) electrons. The zero-order chi connectivity index (χ0) is 22.0. The molecule has 0 saturated carbocycles. The van der Waals surface area contributed by atoms with Crippen LogP contribution in [0.25, 0.3) is 21.7 Å². The molecule has 7 heteroatoms. The van der Waals surface area contributed by atoms with Gasteiger partial charge >= 0.3 is 5.63 Å². The lowest BCUT2D eigenvalue weighted by molar-refractivity contribution is -0.128. The van der Waals surface area contributed by atoms with E-state index in [4.69, 9.17) is 9.15 Å². The summed E-state index contributed by atoms with van der Waals surface area (Å²) in [6, 6.07) is 20.2. The number of para-hydroxylation sites is 1. The molecule has 1 unspecified atom stereocenters. The molecule has 31 heavy (non-hydrogen) atoms. The normalized spacial score (nSPS) is 11.8. The molecule has 0 fully saturated rings. The van der Waals surface area contributed by atoms with Gasteiger partial charge in [-0.15, -0.1) is 0 Å². The van der Waals surface area contributed by atoms with Crippen molar-refractivity contribution < 1.29 is 18.7 Å². The summed E-state index contributed by atoms with van der Waals surface area (Å²) in [5.41, 5.74) is 4.48. The van der Waals surface area contributed by atoms with E-state index in [1.54, 1.807) is 44.2 Å². The molecule has 2 N–H and O–H groups in total. The molecule has 1 atom stereocenters. The Morgan fingerprint density at radius 3 is 2.45 bits per heavy atom. The number of fused-ring (bicyclic) bond motifs is 2. The number of carbonyl (C=O) groups excluding carboxylic acids is 2. The highest BCUT2D eigenvalue weighted by Crippen LogP contribution is 2.21. The largest absolute Gasteiger partial charge is 0.481 e. The maximum atomic E-state index is 12.5. The number of ether oxygens (including phenoxy) is 1. The molecule has 1 aromatic heterocycles. The van der Waals surface area contributed by atoms with Gasteiger partial charge in [0.05, 0.1) is 0 Å². The number of carbonyl (C=O) groups is 2. The summed E-state index contributed by atoms with van der Waals surface area (Å²) in [6.07, 6.45) is -0.879. The number of rotatable bonds is 4. The third-order valence-electron chi connectivity index (χ3n) is 5.00. The van der Waals surface area contributed by atoms with E-state index >= 15 is 0 Å². The summed E-state index contributed by atoms with van der Waals surface area (Å²) >= 11 is 0. The Hall–Kier alpha value is -4.13. The van der Waals surface area contributed by atoms with Crippen LogP contribution in [-0.4, -0.2) is 17.9 Å². The summed E-state index contributed by atoms with van der Waals surface area (Å²) in [5.74, 6) is -0.800. The fourth-order valence-electron chi connectivity index (χ4n) is 3.35. The van der Waals surface area contributed by atoms with Gasteiger partial charge in [0.1, 0.15) is 16.9 Å². The van der Waals surface area contributed by atoms with E-state index in [0.717, 1.165) is 10.8 Å². The van der Waals surface area contributed by atoms with Crippen molar-refractivity contribution in [1.29, 1.82) is 0 Å². The van der Waals surface area contributed by atoms with Crippen LogP contribution in [-0.2, 0) is 4.79 Å². The van der Waals surface area contributed by atoms with Crippen LogP contribution in [0.3, 0.4) is 0 Å². The molecular weight excluding hydrogens is 396 g/mol. The predicted molar refractivity (Wildman–Crippen MR) is 117 cm³/mol. The Morgan fingerprint density at radius 1 is 0.935 bits per heavy atom. The van der Waals surface area contributed by atoms with E-state index < -0.39 is 23.5 Å². The fourth-order valence-corrected chi connectivity index (χ4v) is 3.35. The highest BCUT2D eigenvalue weighted by Gasteiger charge is 2.21. The first-order chi connectivity index (χ1) is 14.9. The number of benzene rings is 3. The Labute approximate surface area is 177 Å². The second-order valence-corrected chi connectivity index (χ2v) is 7.10. The minimum Gasteiger partial charge on any atom is -0.481 e. The predicted octanol–water partition coefficient (Wildman–Crippen LogP) is 3.48. The van der Waals surface area contributed by atoms with Crippen LogP contribution in [0.4, 0.5) is 0 Å². The first-order valence-electron chi connectivity index (χ1n) is 9.72. The van der Waals surface area contributed by atoms with Crippen molar-refractivity contribution >= 4 is 33.6 Å². The van der Waals surface area contributed by atoms with Gasteiger partial charge in [0.25, 0.3) is 11.8 Å². The van der Waals surface area contributed by atoms with Crippen LogP contribution in [0.15, 0.2) is 75.9 Å². The lowest BCUT2D eigenvalue weighted by Crippen LogP contribution is -2.48. The average molecular weight is 416 g/mol. The van der Waals surface area contributed by atoms with Gasteiger partial charge in [0.15, 0.2) is 6.10 Å². The van der Waals surface area contributed by atoms with Gasteiger partial charge < -0.3 is 9.15 Å². The van der Waals surface area contributed by atoms with Gasteiger partial charge in [0, 0.05) is 5.39 Å². The Morgan fingerprint density at radius 2 is 1.65 bits per heavy atom. The van der Waals surface area contributed by atoms with Crippen molar-refractivity contribution in [3.8, 4) is 5.75 Å². The van der Waals surface area contributed by atoms with Crippen molar-refractivity contribution in [2.24, 2.45) is 0 Å².